The van der Waals surface area contributed by atoms with Crippen molar-refractivity contribution in [2.45, 2.75) is 25.4 Å². The van der Waals surface area contributed by atoms with Crippen LogP contribution in [0.15, 0.2) is 52.1 Å². The molecule has 5 rings (SSSR count). The fraction of sp³-hybridized carbons (Fsp3) is 0.280. The summed E-state index contributed by atoms with van der Waals surface area (Å²) in [5.74, 6) is 0.892. The Labute approximate surface area is 195 Å². The number of ether oxygens (including phenoxy) is 2. The van der Waals surface area contributed by atoms with Crippen molar-refractivity contribution in [2.24, 2.45) is 0 Å². The number of aryl methyl sites for hydroxylation is 1. The minimum atomic E-state index is -0.639. The maximum atomic E-state index is 12.9. The summed E-state index contributed by atoms with van der Waals surface area (Å²) in [7, 11) is 3.13. The van der Waals surface area contributed by atoms with Gasteiger partial charge in [-0.1, -0.05) is 24.3 Å². The number of hydrogen-bond acceptors (Lipinski definition) is 5. The molecule has 2 aromatic carbocycles. The fourth-order valence-corrected chi connectivity index (χ4v) is 4.87. The maximum Gasteiger partial charge on any atom is 0.331 e. The quantitative estimate of drug-likeness (QED) is 0.342. The lowest BCUT2D eigenvalue weighted by Crippen LogP contribution is -2.87. The molecule has 5 N–H and O–H groups in total. The molecule has 1 atom stereocenters. The number of aromatic hydroxyl groups is 1. The van der Waals surface area contributed by atoms with E-state index in [4.69, 9.17) is 9.47 Å². The summed E-state index contributed by atoms with van der Waals surface area (Å²) >= 11 is 0. The zero-order chi connectivity index (χ0) is 23.8. The van der Waals surface area contributed by atoms with Crippen LogP contribution < -0.4 is 26.0 Å². The normalized spacial score (nSPS) is 15.3. The van der Waals surface area contributed by atoms with Crippen molar-refractivity contribution in [3.63, 3.8) is 0 Å². The number of fused-ring (bicyclic) bond motifs is 3. The Balaban J connectivity index is 1.52. The molecule has 0 bridgehead atoms. The molecule has 0 aliphatic carbocycles. The number of methoxy groups -OCH3 is 2. The zero-order valence-electron chi connectivity index (χ0n) is 19.1. The molecule has 0 radical (unpaired) electrons. The number of nitrogens with two attached hydrogens (primary N) is 1. The second-order valence-electron chi connectivity index (χ2n) is 8.40. The highest BCUT2D eigenvalue weighted by Crippen LogP contribution is 2.32. The molecule has 2 aromatic heterocycles. The number of benzene rings is 2. The standard InChI is InChI=1S/C25H26N4O5/c1-33-18-8-7-14(13-19(18)34-2)10-12-29-24(31)20(23(30)28-25(29)32)22-21-16(9-11-26-22)15-5-3-4-6-17(15)27-21/h3-8,13,22,26-27,31H,9-12H2,1-2H3,(H,28,30,32)/p+1/t22-/m1/s1. The van der Waals surface area contributed by atoms with E-state index in [1.54, 1.807) is 20.3 Å². The van der Waals surface area contributed by atoms with Gasteiger partial charge in [0.2, 0.25) is 5.88 Å². The second-order valence-corrected chi connectivity index (χ2v) is 8.40. The van der Waals surface area contributed by atoms with Crippen molar-refractivity contribution < 1.29 is 19.9 Å². The molecule has 176 valence electrons. The number of H-pyrrole nitrogens is 2. The number of quaternary nitrogens is 1. The van der Waals surface area contributed by atoms with E-state index in [-0.39, 0.29) is 18.0 Å². The van der Waals surface area contributed by atoms with Gasteiger partial charge in [0.1, 0.15) is 5.56 Å². The Kier molecular flexibility index (Phi) is 5.62. The van der Waals surface area contributed by atoms with Gasteiger partial charge in [0.25, 0.3) is 5.56 Å². The second kappa shape index (κ2) is 8.75. The molecule has 1 aliphatic rings. The molecule has 9 nitrogen and oxygen atoms in total. The molecule has 0 fully saturated rings. The van der Waals surface area contributed by atoms with Crippen LogP contribution >= 0.6 is 0 Å². The molecule has 0 spiro atoms. The Hall–Kier alpha value is -3.98. The fourth-order valence-electron chi connectivity index (χ4n) is 4.87. The first-order valence-electron chi connectivity index (χ1n) is 11.2. The lowest BCUT2D eigenvalue weighted by molar-refractivity contribution is -0.690. The van der Waals surface area contributed by atoms with Crippen LogP contribution in [0.4, 0.5) is 0 Å². The van der Waals surface area contributed by atoms with Gasteiger partial charge in [0, 0.05) is 23.9 Å². The van der Waals surface area contributed by atoms with Crippen LogP contribution in [0.1, 0.15) is 28.4 Å². The number of rotatable bonds is 6. The average molecular weight is 464 g/mol. The van der Waals surface area contributed by atoms with Gasteiger partial charge >= 0.3 is 5.69 Å². The minimum Gasteiger partial charge on any atom is -0.494 e. The van der Waals surface area contributed by atoms with E-state index in [1.807, 2.05) is 35.6 Å². The topological polar surface area (TPSA) is 126 Å². The molecule has 0 saturated carbocycles. The molecule has 4 aromatic rings. The predicted octanol–water partition coefficient (Wildman–Crippen LogP) is 1.19. The first-order valence-corrected chi connectivity index (χ1v) is 11.2. The van der Waals surface area contributed by atoms with Gasteiger partial charge in [-0.3, -0.25) is 14.3 Å². The Bertz CT molecular complexity index is 1480. The summed E-state index contributed by atoms with van der Waals surface area (Å²) in [6.45, 7) is 0.958. The van der Waals surface area contributed by atoms with Gasteiger partial charge in [0.15, 0.2) is 17.5 Å². The van der Waals surface area contributed by atoms with E-state index in [0.29, 0.717) is 17.9 Å². The van der Waals surface area contributed by atoms with Crippen LogP contribution in [0.5, 0.6) is 17.4 Å². The Morgan fingerprint density at radius 1 is 1.09 bits per heavy atom. The smallest absolute Gasteiger partial charge is 0.331 e. The molecular weight excluding hydrogens is 436 g/mol. The van der Waals surface area contributed by atoms with Crippen molar-refractivity contribution in [1.82, 2.24) is 14.5 Å². The number of aromatic nitrogens is 3. The summed E-state index contributed by atoms with van der Waals surface area (Å²) in [5.41, 5.74) is 2.89. The summed E-state index contributed by atoms with van der Waals surface area (Å²) in [6.07, 6.45) is 1.30. The van der Waals surface area contributed by atoms with Gasteiger partial charge in [-0.2, -0.15) is 0 Å². The Morgan fingerprint density at radius 2 is 1.88 bits per heavy atom. The zero-order valence-corrected chi connectivity index (χ0v) is 19.1. The number of aromatic amines is 2. The molecule has 3 heterocycles. The van der Waals surface area contributed by atoms with Gasteiger partial charge in [0.05, 0.1) is 26.5 Å². The highest BCUT2D eigenvalue weighted by atomic mass is 16.5. The Morgan fingerprint density at radius 3 is 2.68 bits per heavy atom. The van der Waals surface area contributed by atoms with Crippen molar-refractivity contribution in [3.05, 3.63) is 85.7 Å². The van der Waals surface area contributed by atoms with E-state index in [1.165, 1.54) is 4.57 Å². The van der Waals surface area contributed by atoms with E-state index in [2.05, 4.69) is 16.0 Å². The van der Waals surface area contributed by atoms with Gasteiger partial charge < -0.3 is 24.9 Å². The highest BCUT2D eigenvalue weighted by molar-refractivity contribution is 5.85. The van der Waals surface area contributed by atoms with Crippen LogP contribution in [0.2, 0.25) is 0 Å². The van der Waals surface area contributed by atoms with Crippen LogP contribution in [0.25, 0.3) is 10.9 Å². The molecule has 0 unspecified atom stereocenters. The lowest BCUT2D eigenvalue weighted by Gasteiger charge is -2.22. The summed E-state index contributed by atoms with van der Waals surface area (Å²) in [4.78, 5) is 31.3. The maximum absolute atomic E-state index is 12.9. The number of para-hydroxylation sites is 1. The molecule has 0 amide bonds. The third kappa shape index (κ3) is 3.63. The predicted molar refractivity (Wildman–Crippen MR) is 127 cm³/mol. The molecule has 0 saturated heterocycles. The highest BCUT2D eigenvalue weighted by Gasteiger charge is 2.34. The first kappa shape index (κ1) is 21.8. The van der Waals surface area contributed by atoms with E-state index < -0.39 is 17.3 Å². The third-order valence-corrected chi connectivity index (χ3v) is 6.54. The van der Waals surface area contributed by atoms with Gasteiger partial charge in [-0.15, -0.1) is 0 Å². The number of hydrogen-bond donors (Lipinski definition) is 4. The van der Waals surface area contributed by atoms with Crippen molar-refractivity contribution >= 4 is 10.9 Å². The number of nitrogens with one attached hydrogen (secondary N) is 2. The lowest BCUT2D eigenvalue weighted by atomic mass is 9.95. The van der Waals surface area contributed by atoms with E-state index >= 15 is 0 Å². The van der Waals surface area contributed by atoms with Crippen LogP contribution in [-0.4, -0.2) is 40.4 Å². The van der Waals surface area contributed by atoms with E-state index in [9.17, 15) is 14.7 Å². The largest absolute Gasteiger partial charge is 0.494 e. The summed E-state index contributed by atoms with van der Waals surface area (Å²) < 4.78 is 11.8. The SMILES string of the molecule is COc1ccc(CCn2c(O)c([C@H]3[NH2+]CCc4c3[nH]c3ccccc43)c(=O)[nH]c2=O)cc1OC. The summed E-state index contributed by atoms with van der Waals surface area (Å²) in [5, 5.41) is 14.3. The van der Waals surface area contributed by atoms with Crippen molar-refractivity contribution in [1.29, 1.82) is 0 Å². The summed E-state index contributed by atoms with van der Waals surface area (Å²) in [6, 6.07) is 13.1. The molecule has 34 heavy (non-hydrogen) atoms. The number of nitrogens with zero attached hydrogens (tertiary/aromatic N) is 1. The third-order valence-electron chi connectivity index (χ3n) is 6.54. The van der Waals surface area contributed by atoms with Gasteiger partial charge in [-0.25, -0.2) is 4.79 Å². The van der Waals surface area contributed by atoms with E-state index in [0.717, 1.165) is 40.7 Å². The average Bonchev–Trinajstić information content (AvgIpc) is 3.23. The molecule has 1 aliphatic heterocycles. The van der Waals surface area contributed by atoms with Crippen molar-refractivity contribution in [2.75, 3.05) is 20.8 Å². The van der Waals surface area contributed by atoms with Gasteiger partial charge in [-0.05, 0) is 35.7 Å². The molecular formula is C25H27N4O5+. The monoisotopic (exact) mass is 463 g/mol. The molecule has 9 heteroatoms. The van der Waals surface area contributed by atoms with Crippen LogP contribution in [0, 0.1) is 0 Å². The van der Waals surface area contributed by atoms with Crippen LogP contribution in [0.3, 0.4) is 0 Å². The van der Waals surface area contributed by atoms with Crippen molar-refractivity contribution in [3.8, 4) is 17.4 Å². The minimum absolute atomic E-state index is 0.180. The first-order chi connectivity index (χ1) is 16.5. The van der Waals surface area contributed by atoms with Crippen LogP contribution in [-0.2, 0) is 19.4 Å².